The first-order chi connectivity index (χ1) is 10.2. The molecule has 0 aliphatic carbocycles. The molecule has 0 spiro atoms. The van der Waals surface area contributed by atoms with E-state index < -0.39 is 35.9 Å². The fourth-order valence-electron chi connectivity index (χ4n) is 0.705. The minimum Gasteiger partial charge on any atom is -0.748 e. The second kappa shape index (κ2) is 8.72. The van der Waals surface area contributed by atoms with Gasteiger partial charge in [-0.3, -0.25) is 0 Å². The van der Waals surface area contributed by atoms with Crippen molar-refractivity contribution in [3.8, 4) is 0 Å². The number of aryl methyl sites for hydroxylation is 1. The quantitative estimate of drug-likeness (QED) is 0.456. The van der Waals surface area contributed by atoms with Crippen LogP contribution in [0.4, 0.5) is 13.2 Å². The summed E-state index contributed by atoms with van der Waals surface area (Å²) in [7, 11) is -14.3. The number of hydrogen-bond acceptors (Lipinski definition) is 9. The summed E-state index contributed by atoms with van der Waals surface area (Å²) in [5.74, 6) is 0. The van der Waals surface area contributed by atoms with E-state index in [0.717, 1.165) is 5.56 Å². The monoisotopic (exact) mass is 415 g/mol. The largest absolute Gasteiger partial charge is 0.748 e. The number of rotatable bonds is 1. The first-order valence-corrected chi connectivity index (χ1v) is 9.84. The lowest BCUT2D eigenvalue weighted by atomic mass is 10.2. The predicted octanol–water partition coefficient (Wildman–Crippen LogP) is 0.112. The summed E-state index contributed by atoms with van der Waals surface area (Å²) in [5, 5.41) is 0. The van der Waals surface area contributed by atoms with E-state index in [1.165, 1.54) is 12.1 Å². The Bertz CT molecular complexity index is 814. The van der Waals surface area contributed by atoms with Gasteiger partial charge in [0.25, 0.3) is 0 Å². The summed E-state index contributed by atoms with van der Waals surface area (Å²) >= 11 is 0. The van der Waals surface area contributed by atoms with Crippen LogP contribution in [-0.4, -0.2) is 50.7 Å². The highest BCUT2D eigenvalue weighted by molar-refractivity contribution is 7.86. The Hall–Kier alpha value is -1.26. The van der Waals surface area contributed by atoms with Gasteiger partial charge in [0, 0.05) is 6.26 Å². The third-order valence-corrected chi connectivity index (χ3v) is 3.01. The zero-order valence-electron chi connectivity index (χ0n) is 11.8. The van der Waals surface area contributed by atoms with Crippen LogP contribution in [0.3, 0.4) is 0 Å². The third-order valence-electron chi connectivity index (χ3n) is 1.59. The minimum atomic E-state index is -6.09. The van der Waals surface area contributed by atoms with Crippen LogP contribution >= 0.6 is 0 Å². The standard InChI is InChI=1S/C7H8O3S.CHF3O3S.CH4O3S/c1-6-2-4-7(5-3-6)11(8,9)10;2-1(3,4)8(5,6)7;1-5(2,3)4/h2-5H,1H3,(H,8,9,10);(H,5,6,7);1H3,(H,2,3,4)/p-3. The van der Waals surface area contributed by atoms with Gasteiger partial charge in [0.2, 0.25) is 0 Å². The molecule has 0 saturated heterocycles. The first kappa shape index (κ1) is 25.0. The number of halogens is 3. The second-order valence-corrected chi connectivity index (χ2v) is 8.03. The highest BCUT2D eigenvalue weighted by Crippen LogP contribution is 2.20. The summed E-state index contributed by atoms with van der Waals surface area (Å²) < 4.78 is 117. The van der Waals surface area contributed by atoms with Gasteiger partial charge in [-0.2, -0.15) is 13.2 Å². The molecule has 0 bridgehead atoms. The molecule has 0 fully saturated rings. The molecule has 0 aliphatic heterocycles. The zero-order valence-corrected chi connectivity index (χ0v) is 14.3. The van der Waals surface area contributed by atoms with Crippen LogP contribution in [0.2, 0.25) is 0 Å². The Kier molecular flexibility index (Phi) is 9.08. The molecular weight excluding hydrogens is 405 g/mol. The van der Waals surface area contributed by atoms with Gasteiger partial charge in [-0.25, -0.2) is 25.3 Å². The van der Waals surface area contributed by atoms with Crippen molar-refractivity contribution < 1.29 is 52.1 Å². The zero-order chi connectivity index (χ0) is 20.0. The van der Waals surface area contributed by atoms with Crippen LogP contribution in [0.15, 0.2) is 29.2 Å². The van der Waals surface area contributed by atoms with Crippen molar-refractivity contribution in [2.75, 3.05) is 6.26 Å². The van der Waals surface area contributed by atoms with Crippen LogP contribution in [0.25, 0.3) is 0 Å². The summed E-state index contributed by atoms with van der Waals surface area (Å²) in [6.45, 7) is 1.82. The number of alkyl halides is 3. The lowest BCUT2D eigenvalue weighted by Gasteiger charge is -2.08. The molecule has 9 nitrogen and oxygen atoms in total. The summed E-state index contributed by atoms with van der Waals surface area (Å²) in [6, 6.07) is 5.78. The Morgan fingerprint density at radius 3 is 1.25 bits per heavy atom. The van der Waals surface area contributed by atoms with E-state index >= 15 is 0 Å². The van der Waals surface area contributed by atoms with Crippen molar-refractivity contribution in [3.63, 3.8) is 0 Å². The molecule has 1 rings (SSSR count). The molecule has 0 heterocycles. The lowest BCUT2D eigenvalue weighted by molar-refractivity contribution is -0.0517. The summed E-state index contributed by atoms with van der Waals surface area (Å²) in [6.07, 6.45) is 0.604. The lowest BCUT2D eigenvalue weighted by Crippen LogP contribution is -2.21. The fraction of sp³-hybridized carbons (Fsp3) is 0.333. The second-order valence-electron chi connectivity index (χ2n) is 3.87. The number of hydrogen-bond donors (Lipinski definition) is 0. The molecule has 1 aromatic carbocycles. The molecule has 0 aromatic heterocycles. The molecule has 1 aromatic rings. The fourth-order valence-corrected chi connectivity index (χ4v) is 1.17. The van der Waals surface area contributed by atoms with Gasteiger partial charge in [-0.05, 0) is 19.1 Å². The van der Waals surface area contributed by atoms with Crippen molar-refractivity contribution in [1.29, 1.82) is 0 Å². The van der Waals surface area contributed by atoms with Gasteiger partial charge in [0.1, 0.15) is 10.1 Å². The predicted molar refractivity (Wildman–Crippen MR) is 70.5 cm³/mol. The van der Waals surface area contributed by atoms with Gasteiger partial charge in [0.05, 0.1) is 15.0 Å². The minimum absolute atomic E-state index is 0.178. The summed E-state index contributed by atoms with van der Waals surface area (Å²) in [5.41, 5.74) is -4.72. The molecule has 0 aliphatic rings. The Labute approximate surface area is 136 Å². The third kappa shape index (κ3) is 14.3. The van der Waals surface area contributed by atoms with E-state index in [-0.39, 0.29) is 4.90 Å². The molecule has 0 unspecified atom stereocenters. The molecule has 24 heavy (non-hydrogen) atoms. The average molecular weight is 415 g/mol. The van der Waals surface area contributed by atoms with E-state index in [1.807, 2.05) is 6.92 Å². The number of benzene rings is 1. The van der Waals surface area contributed by atoms with Gasteiger partial charge in [0.15, 0.2) is 10.1 Å². The van der Waals surface area contributed by atoms with Crippen LogP contribution in [0.1, 0.15) is 5.56 Å². The maximum absolute atomic E-state index is 10.7. The first-order valence-electron chi connectivity index (χ1n) is 5.20. The normalized spacial score (nSPS) is 12.3. The molecular formula is C9H10F3O9S3-3. The van der Waals surface area contributed by atoms with Gasteiger partial charge >= 0.3 is 5.51 Å². The van der Waals surface area contributed by atoms with Gasteiger partial charge in [-0.1, -0.05) is 17.7 Å². The summed E-state index contributed by atoms with van der Waals surface area (Å²) in [4.78, 5) is -0.178. The maximum Gasteiger partial charge on any atom is 0.485 e. The van der Waals surface area contributed by atoms with Crippen molar-refractivity contribution in [2.24, 2.45) is 0 Å². The van der Waals surface area contributed by atoms with Gasteiger partial charge < -0.3 is 13.7 Å². The van der Waals surface area contributed by atoms with Crippen LogP contribution < -0.4 is 0 Å². The Balaban J connectivity index is 0. The van der Waals surface area contributed by atoms with Crippen molar-refractivity contribution in [1.82, 2.24) is 0 Å². The van der Waals surface area contributed by atoms with E-state index in [4.69, 9.17) is 25.9 Å². The Morgan fingerprint density at radius 2 is 1.08 bits per heavy atom. The molecule has 15 heteroatoms. The molecule has 0 radical (unpaired) electrons. The van der Waals surface area contributed by atoms with Crippen molar-refractivity contribution in [2.45, 2.75) is 17.3 Å². The maximum atomic E-state index is 10.7. The molecule has 142 valence electrons. The molecule has 0 atom stereocenters. The van der Waals surface area contributed by atoms with Crippen LogP contribution in [0, 0.1) is 6.92 Å². The highest BCUT2D eigenvalue weighted by atomic mass is 32.2. The SMILES string of the molecule is CS(=O)(=O)[O-].Cc1ccc(S(=O)(=O)[O-])cc1.O=S(=O)([O-])C(F)(F)F. The van der Waals surface area contributed by atoms with E-state index in [1.54, 1.807) is 12.1 Å². The average Bonchev–Trinajstić information content (AvgIpc) is 2.23. The van der Waals surface area contributed by atoms with Crippen molar-refractivity contribution >= 4 is 30.4 Å². The molecule has 0 amide bonds. The Morgan fingerprint density at radius 1 is 0.833 bits per heavy atom. The molecule has 0 saturated carbocycles. The van der Waals surface area contributed by atoms with E-state index in [0.29, 0.717) is 6.26 Å². The van der Waals surface area contributed by atoms with Crippen LogP contribution in [0.5, 0.6) is 0 Å². The topological polar surface area (TPSA) is 172 Å². The van der Waals surface area contributed by atoms with Crippen LogP contribution in [-0.2, 0) is 30.4 Å². The van der Waals surface area contributed by atoms with Gasteiger partial charge in [-0.15, -0.1) is 0 Å². The molecule has 0 N–H and O–H groups in total. The van der Waals surface area contributed by atoms with Crippen molar-refractivity contribution in [3.05, 3.63) is 29.8 Å². The smallest absolute Gasteiger partial charge is 0.485 e. The van der Waals surface area contributed by atoms with E-state index in [9.17, 15) is 26.1 Å². The highest BCUT2D eigenvalue weighted by Gasteiger charge is 2.36. The van der Waals surface area contributed by atoms with E-state index in [2.05, 4.69) is 0 Å².